The highest BCUT2D eigenvalue weighted by Crippen LogP contribution is 2.26. The van der Waals surface area contributed by atoms with Crippen LogP contribution in [-0.2, 0) is 11.3 Å². The van der Waals surface area contributed by atoms with Gasteiger partial charge in [-0.1, -0.05) is 0 Å². The van der Waals surface area contributed by atoms with Crippen LogP contribution in [0.25, 0.3) is 0 Å². The van der Waals surface area contributed by atoms with Gasteiger partial charge in [-0.3, -0.25) is 10.1 Å². The maximum Gasteiger partial charge on any atom is 0.305 e. The van der Waals surface area contributed by atoms with Crippen LogP contribution >= 0.6 is 0 Å². The summed E-state index contributed by atoms with van der Waals surface area (Å²) in [7, 11) is 1.47. The van der Waals surface area contributed by atoms with Gasteiger partial charge in [-0.05, 0) is 6.07 Å². The van der Waals surface area contributed by atoms with E-state index in [1.165, 1.54) is 19.2 Å². The molecule has 110 valence electrons. The van der Waals surface area contributed by atoms with Gasteiger partial charge in [-0.2, -0.15) is 9.37 Å². The van der Waals surface area contributed by atoms with Gasteiger partial charge in [-0.15, -0.1) is 0 Å². The van der Waals surface area contributed by atoms with Crippen molar-refractivity contribution in [3.05, 3.63) is 46.0 Å². The molecule has 1 heterocycles. The Kier molecular flexibility index (Phi) is 4.24. The molecule has 2 rings (SSSR count). The van der Waals surface area contributed by atoms with E-state index in [0.717, 1.165) is 12.1 Å². The maximum absolute atomic E-state index is 13.5. The predicted molar refractivity (Wildman–Crippen MR) is 70.3 cm³/mol. The molecule has 0 atom stereocenters. The second-order valence-corrected chi connectivity index (χ2v) is 3.95. The SMILES string of the molecule is COCc1nc(N)cc(Oc2ccc([N+](=O)[O-])c(F)c2)n1. The fourth-order valence-corrected chi connectivity index (χ4v) is 1.56. The molecule has 0 aliphatic carbocycles. The van der Waals surface area contributed by atoms with E-state index in [9.17, 15) is 14.5 Å². The van der Waals surface area contributed by atoms with Crippen molar-refractivity contribution in [1.82, 2.24) is 9.97 Å². The van der Waals surface area contributed by atoms with Gasteiger partial charge in [0.05, 0.1) is 4.92 Å². The normalized spacial score (nSPS) is 10.4. The zero-order valence-corrected chi connectivity index (χ0v) is 10.9. The van der Waals surface area contributed by atoms with Crippen LogP contribution in [0.15, 0.2) is 24.3 Å². The number of halogens is 1. The minimum absolute atomic E-state index is 0.0552. The number of aromatic nitrogens is 2. The third-order valence-electron chi connectivity index (χ3n) is 2.38. The van der Waals surface area contributed by atoms with Crippen molar-refractivity contribution in [1.29, 1.82) is 0 Å². The molecule has 21 heavy (non-hydrogen) atoms. The van der Waals surface area contributed by atoms with Crippen molar-refractivity contribution in [3.63, 3.8) is 0 Å². The monoisotopic (exact) mass is 294 g/mol. The van der Waals surface area contributed by atoms with Crippen molar-refractivity contribution < 1.29 is 18.8 Å². The summed E-state index contributed by atoms with van der Waals surface area (Å²) in [5.41, 5.74) is 4.95. The summed E-state index contributed by atoms with van der Waals surface area (Å²) in [6, 6.07) is 4.51. The van der Waals surface area contributed by atoms with Crippen LogP contribution in [0.3, 0.4) is 0 Å². The number of anilines is 1. The molecule has 0 bridgehead atoms. The number of nitrogen functional groups attached to an aromatic ring is 1. The van der Waals surface area contributed by atoms with Crippen molar-refractivity contribution in [2.45, 2.75) is 6.61 Å². The molecule has 8 nitrogen and oxygen atoms in total. The minimum Gasteiger partial charge on any atom is -0.439 e. The number of nitro benzene ring substituents is 1. The lowest BCUT2D eigenvalue weighted by Crippen LogP contribution is -2.02. The number of hydrogen-bond donors (Lipinski definition) is 1. The van der Waals surface area contributed by atoms with E-state index in [2.05, 4.69) is 9.97 Å². The van der Waals surface area contributed by atoms with Gasteiger partial charge in [-0.25, -0.2) is 4.98 Å². The molecule has 0 saturated carbocycles. The Bertz CT molecular complexity index is 680. The van der Waals surface area contributed by atoms with Crippen LogP contribution in [0.4, 0.5) is 15.9 Å². The Hall–Kier alpha value is -2.81. The average molecular weight is 294 g/mol. The van der Waals surface area contributed by atoms with Crippen LogP contribution in [-0.4, -0.2) is 22.0 Å². The predicted octanol–water partition coefficient (Wildman–Crippen LogP) is 2.04. The van der Waals surface area contributed by atoms with Crippen LogP contribution < -0.4 is 10.5 Å². The molecule has 0 fully saturated rings. The van der Waals surface area contributed by atoms with E-state index in [-0.39, 0.29) is 24.1 Å². The summed E-state index contributed by atoms with van der Waals surface area (Å²) in [6.45, 7) is 0.135. The second kappa shape index (κ2) is 6.09. The standard InChI is InChI=1S/C12H11FN4O4/c1-20-6-11-15-10(14)5-12(16-11)21-7-2-3-9(17(18)19)8(13)4-7/h2-5H,6H2,1H3,(H2,14,15,16). The third-order valence-corrected chi connectivity index (χ3v) is 2.38. The summed E-state index contributed by atoms with van der Waals surface area (Å²) in [5.74, 6) is -0.400. The van der Waals surface area contributed by atoms with Crippen molar-refractivity contribution in [3.8, 4) is 11.6 Å². The molecular weight excluding hydrogens is 283 g/mol. The number of hydrogen-bond acceptors (Lipinski definition) is 7. The lowest BCUT2D eigenvalue weighted by molar-refractivity contribution is -0.387. The quantitative estimate of drug-likeness (QED) is 0.663. The fraction of sp³-hybridized carbons (Fsp3) is 0.167. The number of benzene rings is 1. The minimum atomic E-state index is -1.00. The summed E-state index contributed by atoms with van der Waals surface area (Å²) < 4.78 is 23.7. The lowest BCUT2D eigenvalue weighted by atomic mass is 10.3. The van der Waals surface area contributed by atoms with E-state index in [0.29, 0.717) is 5.82 Å². The molecule has 2 aromatic rings. The van der Waals surface area contributed by atoms with Gasteiger partial charge >= 0.3 is 5.69 Å². The summed E-state index contributed by atoms with van der Waals surface area (Å²) in [6.07, 6.45) is 0. The maximum atomic E-state index is 13.5. The Morgan fingerprint density at radius 3 is 2.76 bits per heavy atom. The zero-order chi connectivity index (χ0) is 15.4. The van der Waals surface area contributed by atoms with E-state index < -0.39 is 16.4 Å². The number of methoxy groups -OCH3 is 1. The number of nitro groups is 1. The number of nitrogens with two attached hydrogens (primary N) is 1. The number of rotatable bonds is 5. The molecule has 0 aliphatic heterocycles. The van der Waals surface area contributed by atoms with Crippen molar-refractivity contribution >= 4 is 11.5 Å². The summed E-state index contributed by atoms with van der Waals surface area (Å²) >= 11 is 0. The lowest BCUT2D eigenvalue weighted by Gasteiger charge is -2.07. The van der Waals surface area contributed by atoms with Gasteiger partial charge in [0.1, 0.15) is 18.2 Å². The van der Waals surface area contributed by atoms with Gasteiger partial charge in [0.2, 0.25) is 11.7 Å². The molecule has 1 aromatic carbocycles. The largest absolute Gasteiger partial charge is 0.439 e. The summed E-state index contributed by atoms with van der Waals surface area (Å²) in [4.78, 5) is 17.6. The Balaban J connectivity index is 2.25. The average Bonchev–Trinajstić information content (AvgIpc) is 2.37. The first kappa shape index (κ1) is 14.6. The van der Waals surface area contributed by atoms with Gasteiger partial charge in [0.15, 0.2) is 5.82 Å². The van der Waals surface area contributed by atoms with Gasteiger partial charge in [0, 0.05) is 25.3 Å². The van der Waals surface area contributed by atoms with Crippen LogP contribution in [0, 0.1) is 15.9 Å². The number of ether oxygens (including phenoxy) is 2. The molecule has 0 amide bonds. The van der Waals surface area contributed by atoms with Crippen LogP contribution in [0.1, 0.15) is 5.82 Å². The van der Waals surface area contributed by atoms with Gasteiger partial charge < -0.3 is 15.2 Å². The second-order valence-electron chi connectivity index (χ2n) is 3.95. The molecule has 0 radical (unpaired) electrons. The molecule has 0 saturated heterocycles. The van der Waals surface area contributed by atoms with Crippen LogP contribution in [0.5, 0.6) is 11.6 Å². The van der Waals surface area contributed by atoms with E-state index in [1.54, 1.807) is 0 Å². The molecule has 1 aromatic heterocycles. The van der Waals surface area contributed by atoms with E-state index in [1.807, 2.05) is 0 Å². The fourth-order valence-electron chi connectivity index (χ4n) is 1.56. The third kappa shape index (κ3) is 3.60. The molecule has 0 aliphatic rings. The van der Waals surface area contributed by atoms with E-state index in [4.69, 9.17) is 15.2 Å². The molecular formula is C12H11FN4O4. The van der Waals surface area contributed by atoms with Gasteiger partial charge in [0.25, 0.3) is 0 Å². The highest BCUT2D eigenvalue weighted by molar-refractivity contribution is 5.40. The van der Waals surface area contributed by atoms with Crippen molar-refractivity contribution in [2.75, 3.05) is 12.8 Å². The Morgan fingerprint density at radius 2 is 2.14 bits per heavy atom. The first-order valence-corrected chi connectivity index (χ1v) is 5.73. The summed E-state index contributed by atoms with van der Waals surface area (Å²) in [5, 5.41) is 10.5. The first-order chi connectivity index (χ1) is 9.99. The molecule has 0 spiro atoms. The zero-order valence-electron chi connectivity index (χ0n) is 10.9. The van der Waals surface area contributed by atoms with Crippen LogP contribution in [0.2, 0.25) is 0 Å². The van der Waals surface area contributed by atoms with Crippen molar-refractivity contribution in [2.24, 2.45) is 0 Å². The smallest absolute Gasteiger partial charge is 0.305 e. The first-order valence-electron chi connectivity index (χ1n) is 5.73. The highest BCUT2D eigenvalue weighted by Gasteiger charge is 2.15. The molecule has 2 N–H and O–H groups in total. The molecule has 9 heteroatoms. The molecule has 0 unspecified atom stereocenters. The Labute approximate surface area is 118 Å². The number of nitrogens with zero attached hydrogens (tertiary/aromatic N) is 3. The Morgan fingerprint density at radius 1 is 1.38 bits per heavy atom. The topological polar surface area (TPSA) is 113 Å². The highest BCUT2D eigenvalue weighted by atomic mass is 19.1. The van der Waals surface area contributed by atoms with E-state index >= 15 is 0 Å².